The molecule has 0 radical (unpaired) electrons. The molecule has 1 aliphatic rings. The molecule has 0 aliphatic heterocycles. The average Bonchev–Trinajstić information content (AvgIpc) is 3.30. The van der Waals surface area contributed by atoms with Crippen molar-refractivity contribution in [2.45, 2.75) is 39.7 Å². The first-order valence-corrected chi connectivity index (χ1v) is 8.02. The van der Waals surface area contributed by atoms with Crippen LogP contribution in [0, 0.1) is 6.92 Å². The van der Waals surface area contributed by atoms with Gasteiger partial charge in [0, 0.05) is 31.4 Å². The minimum atomic E-state index is 0.0153. The first-order chi connectivity index (χ1) is 10.2. The summed E-state index contributed by atoms with van der Waals surface area (Å²) in [6, 6.07) is 6.71. The van der Waals surface area contributed by atoms with E-state index in [2.05, 4.69) is 22.5 Å². The fraction of sp³-hybridized carbons (Fsp3) is 0.588. The Morgan fingerprint density at radius 3 is 2.71 bits per heavy atom. The smallest absolute Gasteiger partial charge is 0.253 e. The maximum Gasteiger partial charge on any atom is 0.253 e. The number of nitrogens with zero attached hydrogens (tertiary/aromatic N) is 1. The van der Waals surface area contributed by atoms with Gasteiger partial charge < -0.3 is 10.6 Å². The molecule has 1 amide bonds. The van der Waals surface area contributed by atoms with Gasteiger partial charge in [0.25, 0.3) is 5.91 Å². The van der Waals surface area contributed by atoms with Crippen molar-refractivity contribution in [3.8, 4) is 0 Å². The first-order valence-electron chi connectivity index (χ1n) is 8.02. The second kappa shape index (κ2) is 7.46. The quantitative estimate of drug-likeness (QED) is 0.773. The zero-order chi connectivity index (χ0) is 15.2. The molecule has 0 aromatic heterocycles. The average molecular weight is 289 g/mol. The van der Waals surface area contributed by atoms with Crippen LogP contribution >= 0.6 is 0 Å². The predicted molar refractivity (Wildman–Crippen MR) is 87.9 cm³/mol. The standard InChI is InChI=1S/C17H27N3O/c1-4-18-16-9-6-13(3)12-15(16)17(21)19-10-11-20(5-2)14-7-8-14/h6,9,12,14,18H,4-5,7-8,10-11H2,1-3H3,(H,19,21). The van der Waals surface area contributed by atoms with Gasteiger partial charge in [-0.15, -0.1) is 0 Å². The van der Waals surface area contributed by atoms with Gasteiger partial charge in [0.2, 0.25) is 0 Å². The van der Waals surface area contributed by atoms with Crippen LogP contribution in [0.4, 0.5) is 5.69 Å². The Kier molecular flexibility index (Phi) is 5.62. The van der Waals surface area contributed by atoms with Crippen molar-refractivity contribution in [2.75, 3.05) is 31.5 Å². The molecule has 0 saturated heterocycles. The number of hydrogen-bond donors (Lipinski definition) is 2. The summed E-state index contributed by atoms with van der Waals surface area (Å²) in [4.78, 5) is 14.8. The number of aryl methyl sites for hydroxylation is 1. The van der Waals surface area contributed by atoms with Gasteiger partial charge in [-0.1, -0.05) is 18.6 Å². The van der Waals surface area contributed by atoms with Gasteiger partial charge in [-0.25, -0.2) is 0 Å². The van der Waals surface area contributed by atoms with Crippen LogP contribution < -0.4 is 10.6 Å². The Hall–Kier alpha value is -1.55. The Bertz CT molecular complexity index is 483. The van der Waals surface area contributed by atoms with E-state index in [0.717, 1.165) is 42.5 Å². The third-order valence-electron chi connectivity index (χ3n) is 3.94. The van der Waals surface area contributed by atoms with Gasteiger partial charge in [-0.3, -0.25) is 9.69 Å². The van der Waals surface area contributed by atoms with Crippen LogP contribution in [0.2, 0.25) is 0 Å². The second-order valence-electron chi connectivity index (χ2n) is 5.70. The molecular weight excluding hydrogens is 262 g/mol. The topological polar surface area (TPSA) is 44.4 Å². The molecule has 0 atom stereocenters. The zero-order valence-electron chi connectivity index (χ0n) is 13.4. The first kappa shape index (κ1) is 15.8. The Balaban J connectivity index is 1.91. The highest BCUT2D eigenvalue weighted by molar-refractivity contribution is 5.99. The molecule has 2 rings (SSSR count). The minimum absolute atomic E-state index is 0.0153. The molecule has 2 N–H and O–H groups in total. The highest BCUT2D eigenvalue weighted by Crippen LogP contribution is 2.25. The summed E-state index contributed by atoms with van der Waals surface area (Å²) in [6.45, 7) is 9.76. The molecule has 21 heavy (non-hydrogen) atoms. The van der Waals surface area contributed by atoms with Crippen LogP contribution in [-0.2, 0) is 0 Å². The molecule has 1 fully saturated rings. The number of hydrogen-bond acceptors (Lipinski definition) is 3. The Labute approximate surface area is 127 Å². The molecule has 1 aliphatic carbocycles. The normalized spacial score (nSPS) is 14.3. The maximum atomic E-state index is 12.4. The van der Waals surface area contributed by atoms with Gasteiger partial charge in [0.05, 0.1) is 5.56 Å². The Morgan fingerprint density at radius 1 is 1.33 bits per heavy atom. The molecule has 1 saturated carbocycles. The number of carbonyl (C=O) groups is 1. The molecule has 0 spiro atoms. The highest BCUT2D eigenvalue weighted by atomic mass is 16.1. The largest absolute Gasteiger partial charge is 0.385 e. The molecule has 4 nitrogen and oxygen atoms in total. The monoisotopic (exact) mass is 289 g/mol. The third-order valence-corrected chi connectivity index (χ3v) is 3.94. The molecule has 116 valence electrons. The van der Waals surface area contributed by atoms with Crippen LogP contribution in [0.15, 0.2) is 18.2 Å². The van der Waals surface area contributed by atoms with Crippen molar-refractivity contribution in [1.29, 1.82) is 0 Å². The summed E-state index contributed by atoms with van der Waals surface area (Å²) < 4.78 is 0. The lowest BCUT2D eigenvalue weighted by Crippen LogP contribution is -2.36. The summed E-state index contributed by atoms with van der Waals surface area (Å²) in [5, 5.41) is 6.30. The minimum Gasteiger partial charge on any atom is -0.385 e. The summed E-state index contributed by atoms with van der Waals surface area (Å²) in [5.74, 6) is 0.0153. The van der Waals surface area contributed by atoms with E-state index >= 15 is 0 Å². The summed E-state index contributed by atoms with van der Waals surface area (Å²) in [5.41, 5.74) is 2.76. The van der Waals surface area contributed by atoms with E-state index in [0.29, 0.717) is 6.54 Å². The third kappa shape index (κ3) is 4.46. The molecule has 0 unspecified atom stereocenters. The van der Waals surface area contributed by atoms with Crippen LogP contribution in [0.1, 0.15) is 42.6 Å². The SMILES string of the molecule is CCNc1ccc(C)cc1C(=O)NCCN(CC)C1CC1. The van der Waals surface area contributed by atoms with E-state index in [1.165, 1.54) is 12.8 Å². The van der Waals surface area contributed by atoms with E-state index in [9.17, 15) is 4.79 Å². The van der Waals surface area contributed by atoms with Crippen LogP contribution in [-0.4, -0.2) is 43.0 Å². The van der Waals surface area contributed by atoms with Gasteiger partial charge in [-0.2, -0.15) is 0 Å². The zero-order valence-corrected chi connectivity index (χ0v) is 13.4. The van der Waals surface area contributed by atoms with E-state index in [1.54, 1.807) is 0 Å². The number of amides is 1. The van der Waals surface area contributed by atoms with Crippen molar-refractivity contribution in [3.63, 3.8) is 0 Å². The lowest BCUT2D eigenvalue weighted by molar-refractivity contribution is 0.0948. The maximum absolute atomic E-state index is 12.4. The molecule has 1 aromatic carbocycles. The number of nitrogens with one attached hydrogen (secondary N) is 2. The van der Waals surface area contributed by atoms with Gasteiger partial charge >= 0.3 is 0 Å². The molecule has 0 bridgehead atoms. The number of anilines is 1. The van der Waals surface area contributed by atoms with Crippen LogP contribution in [0.25, 0.3) is 0 Å². The van der Waals surface area contributed by atoms with E-state index in [-0.39, 0.29) is 5.91 Å². The molecule has 1 aromatic rings. The van der Waals surface area contributed by atoms with Crippen molar-refractivity contribution in [1.82, 2.24) is 10.2 Å². The van der Waals surface area contributed by atoms with Gasteiger partial charge in [-0.05, 0) is 45.4 Å². The van der Waals surface area contributed by atoms with E-state index in [4.69, 9.17) is 0 Å². The fourth-order valence-corrected chi connectivity index (χ4v) is 2.64. The van der Waals surface area contributed by atoms with Crippen molar-refractivity contribution < 1.29 is 4.79 Å². The fourth-order valence-electron chi connectivity index (χ4n) is 2.64. The van der Waals surface area contributed by atoms with E-state index < -0.39 is 0 Å². The predicted octanol–water partition coefficient (Wildman–Crippen LogP) is 2.64. The second-order valence-corrected chi connectivity index (χ2v) is 5.70. The van der Waals surface area contributed by atoms with E-state index in [1.807, 2.05) is 32.0 Å². The molecule has 4 heteroatoms. The molecular formula is C17H27N3O. The summed E-state index contributed by atoms with van der Waals surface area (Å²) in [6.07, 6.45) is 2.62. The van der Waals surface area contributed by atoms with Crippen molar-refractivity contribution in [3.05, 3.63) is 29.3 Å². The van der Waals surface area contributed by atoms with Crippen molar-refractivity contribution in [2.24, 2.45) is 0 Å². The van der Waals surface area contributed by atoms with Crippen molar-refractivity contribution >= 4 is 11.6 Å². The van der Waals surface area contributed by atoms with Gasteiger partial charge in [0.15, 0.2) is 0 Å². The lowest BCUT2D eigenvalue weighted by Gasteiger charge is -2.20. The van der Waals surface area contributed by atoms with Gasteiger partial charge in [0.1, 0.15) is 0 Å². The highest BCUT2D eigenvalue weighted by Gasteiger charge is 2.27. The summed E-state index contributed by atoms with van der Waals surface area (Å²) in [7, 11) is 0. The van der Waals surface area contributed by atoms with Crippen LogP contribution in [0.5, 0.6) is 0 Å². The number of likely N-dealkylation sites (N-methyl/N-ethyl adjacent to an activating group) is 1. The Morgan fingerprint density at radius 2 is 2.10 bits per heavy atom. The number of benzene rings is 1. The number of rotatable bonds is 8. The molecule has 0 heterocycles. The van der Waals surface area contributed by atoms with Crippen LogP contribution in [0.3, 0.4) is 0 Å². The lowest BCUT2D eigenvalue weighted by atomic mass is 10.1. The summed E-state index contributed by atoms with van der Waals surface area (Å²) >= 11 is 0. The number of carbonyl (C=O) groups excluding carboxylic acids is 1.